The fourth-order valence-electron chi connectivity index (χ4n) is 1.50. The van der Waals surface area contributed by atoms with Gasteiger partial charge in [0.05, 0.1) is 25.6 Å². The fraction of sp³-hybridized carbons (Fsp3) is 0.200. The highest BCUT2D eigenvalue weighted by atomic mass is 79.9. The van der Waals surface area contributed by atoms with Crippen molar-refractivity contribution in [3.05, 3.63) is 58.6 Å². The molecule has 11 heteroatoms. The summed E-state index contributed by atoms with van der Waals surface area (Å²) in [5, 5.41) is 8.69. The lowest BCUT2D eigenvalue weighted by Crippen LogP contribution is -2.10. The number of methoxy groups -OCH3 is 2. The Labute approximate surface area is 200 Å². The summed E-state index contributed by atoms with van der Waals surface area (Å²) in [5.74, 6) is -1.05. The summed E-state index contributed by atoms with van der Waals surface area (Å²) in [6, 6.07) is 13.8. The van der Waals surface area contributed by atoms with Crippen LogP contribution in [-0.4, -0.2) is 37.0 Å². The Morgan fingerprint density at radius 3 is 1.74 bits per heavy atom. The molecule has 2 aromatic rings. The summed E-state index contributed by atoms with van der Waals surface area (Å²) in [7, 11) is 2.57. The zero-order chi connectivity index (χ0) is 21.6. The topological polar surface area (TPSA) is 101 Å². The number of hydrazone groups is 2. The minimum atomic E-state index is -0.545. The van der Waals surface area contributed by atoms with E-state index in [9.17, 15) is 9.59 Å². The molecule has 0 unspecified atom stereocenters. The van der Waals surface area contributed by atoms with E-state index < -0.39 is 11.9 Å². The third kappa shape index (κ3) is 13.3. The van der Waals surface area contributed by atoms with E-state index in [0.29, 0.717) is 10.0 Å². The third-order valence-electron chi connectivity index (χ3n) is 2.89. The molecular formula is C20H25BrCl2N4O4. The van der Waals surface area contributed by atoms with E-state index in [1.165, 1.54) is 14.2 Å². The molecule has 170 valence electrons. The second-order valence-corrected chi connectivity index (χ2v) is 6.54. The van der Waals surface area contributed by atoms with E-state index >= 15 is 0 Å². The number of hydrogen-bond acceptors (Lipinski definition) is 8. The Bertz CT molecular complexity index is 860. The highest BCUT2D eigenvalue weighted by Gasteiger charge is 2.06. The van der Waals surface area contributed by atoms with Gasteiger partial charge in [-0.15, -0.1) is 0 Å². The van der Waals surface area contributed by atoms with Crippen molar-refractivity contribution in [3.63, 3.8) is 0 Å². The minimum Gasteiger partial charge on any atom is -0.465 e. The molecule has 0 saturated carbocycles. The number of nitrogens with one attached hydrogen (secondary N) is 2. The SMILES string of the molecule is C.C.COC(=O)/C(Br)=N/Nc1ccc(Cl)cc1.COC(=O)/C=N/Nc1ccc(Cl)cc1. The number of halogens is 3. The first-order valence-corrected chi connectivity index (χ1v) is 9.36. The Morgan fingerprint density at radius 1 is 0.871 bits per heavy atom. The molecule has 0 aliphatic rings. The molecule has 0 bridgehead atoms. The second-order valence-electron chi connectivity index (χ2n) is 4.91. The quantitative estimate of drug-likeness (QED) is 0.274. The molecule has 0 aromatic heterocycles. The van der Waals surface area contributed by atoms with Crippen LogP contribution in [0.15, 0.2) is 58.7 Å². The third-order valence-corrected chi connectivity index (χ3v) is 3.90. The summed E-state index contributed by atoms with van der Waals surface area (Å²) in [4.78, 5) is 21.5. The average molecular weight is 536 g/mol. The molecule has 0 heterocycles. The van der Waals surface area contributed by atoms with Gasteiger partial charge in [0.15, 0.2) is 0 Å². The molecule has 0 radical (unpaired) electrons. The first-order valence-electron chi connectivity index (χ1n) is 7.81. The van der Waals surface area contributed by atoms with Crippen LogP contribution in [0.2, 0.25) is 10.0 Å². The van der Waals surface area contributed by atoms with E-state index in [0.717, 1.165) is 17.6 Å². The molecule has 0 atom stereocenters. The number of hydrogen-bond donors (Lipinski definition) is 2. The van der Waals surface area contributed by atoms with Crippen LogP contribution in [0.5, 0.6) is 0 Å². The van der Waals surface area contributed by atoms with Crippen LogP contribution in [0.25, 0.3) is 0 Å². The Hall–Kier alpha value is -2.62. The zero-order valence-electron chi connectivity index (χ0n) is 15.4. The monoisotopic (exact) mass is 534 g/mol. The number of carbonyl (C=O) groups is 2. The summed E-state index contributed by atoms with van der Waals surface area (Å²) in [6.07, 6.45) is 1.05. The van der Waals surface area contributed by atoms with Gasteiger partial charge in [0.1, 0.15) is 6.21 Å². The van der Waals surface area contributed by atoms with E-state index in [1.807, 2.05) is 0 Å². The molecule has 2 aromatic carbocycles. The van der Waals surface area contributed by atoms with Gasteiger partial charge >= 0.3 is 11.9 Å². The van der Waals surface area contributed by atoms with Crippen molar-refractivity contribution in [3.8, 4) is 0 Å². The fourth-order valence-corrected chi connectivity index (χ4v) is 2.01. The largest absolute Gasteiger partial charge is 0.465 e. The summed E-state index contributed by atoms with van der Waals surface area (Å²) in [6.45, 7) is 0. The van der Waals surface area contributed by atoms with Gasteiger partial charge in [0, 0.05) is 10.0 Å². The van der Waals surface area contributed by atoms with Crippen molar-refractivity contribution in [2.45, 2.75) is 14.9 Å². The van der Waals surface area contributed by atoms with Crippen LogP contribution in [0, 0.1) is 0 Å². The van der Waals surface area contributed by atoms with Crippen LogP contribution in [0.3, 0.4) is 0 Å². The highest BCUT2D eigenvalue weighted by molar-refractivity contribution is 9.19. The van der Waals surface area contributed by atoms with Gasteiger partial charge in [0.2, 0.25) is 4.62 Å². The molecule has 0 spiro atoms. The lowest BCUT2D eigenvalue weighted by atomic mass is 10.3. The number of rotatable bonds is 6. The lowest BCUT2D eigenvalue weighted by molar-refractivity contribution is -0.133. The summed E-state index contributed by atoms with van der Waals surface area (Å²) in [5.41, 5.74) is 6.78. The first-order chi connectivity index (χ1) is 13.8. The maximum Gasteiger partial charge on any atom is 0.365 e. The number of ether oxygens (including phenoxy) is 2. The van der Waals surface area contributed by atoms with Crippen molar-refractivity contribution in [1.29, 1.82) is 0 Å². The molecule has 2 N–H and O–H groups in total. The van der Waals surface area contributed by atoms with Gasteiger partial charge in [-0.05, 0) is 64.5 Å². The number of esters is 2. The van der Waals surface area contributed by atoms with Gasteiger partial charge in [-0.1, -0.05) is 38.1 Å². The smallest absolute Gasteiger partial charge is 0.365 e. The maximum atomic E-state index is 10.9. The van der Waals surface area contributed by atoms with E-state index in [4.69, 9.17) is 23.2 Å². The Kier molecular flexibility index (Phi) is 16.9. The van der Waals surface area contributed by atoms with Gasteiger partial charge < -0.3 is 9.47 Å². The molecule has 2 rings (SSSR count). The van der Waals surface area contributed by atoms with Crippen molar-refractivity contribution in [2.24, 2.45) is 10.2 Å². The van der Waals surface area contributed by atoms with Crippen LogP contribution < -0.4 is 10.9 Å². The van der Waals surface area contributed by atoms with Crippen LogP contribution >= 0.6 is 39.1 Å². The van der Waals surface area contributed by atoms with E-state index in [-0.39, 0.29) is 19.5 Å². The molecule has 0 aliphatic carbocycles. The predicted octanol–water partition coefficient (Wildman–Crippen LogP) is 5.82. The van der Waals surface area contributed by atoms with Gasteiger partial charge in [0.25, 0.3) is 0 Å². The average Bonchev–Trinajstić information content (AvgIpc) is 2.74. The van der Waals surface area contributed by atoms with E-state index in [1.54, 1.807) is 48.5 Å². The molecule has 31 heavy (non-hydrogen) atoms. The maximum absolute atomic E-state index is 10.9. The van der Waals surface area contributed by atoms with Crippen LogP contribution in [0.4, 0.5) is 11.4 Å². The van der Waals surface area contributed by atoms with Gasteiger partial charge in [-0.3, -0.25) is 10.9 Å². The molecular weight excluding hydrogens is 511 g/mol. The second kappa shape index (κ2) is 17.1. The number of anilines is 2. The molecule has 8 nitrogen and oxygen atoms in total. The normalized spacial score (nSPS) is 9.90. The summed E-state index contributed by atoms with van der Waals surface area (Å²) >= 11 is 14.3. The number of benzene rings is 2. The van der Waals surface area contributed by atoms with E-state index in [2.05, 4.69) is 46.5 Å². The molecule has 0 amide bonds. The number of nitrogens with zero attached hydrogens (tertiary/aromatic N) is 2. The van der Waals surface area contributed by atoms with Gasteiger partial charge in [-0.2, -0.15) is 10.2 Å². The van der Waals surface area contributed by atoms with Crippen LogP contribution in [0.1, 0.15) is 14.9 Å². The van der Waals surface area contributed by atoms with Gasteiger partial charge in [-0.25, -0.2) is 9.59 Å². The summed E-state index contributed by atoms with van der Waals surface area (Å²) < 4.78 is 8.87. The molecule has 0 saturated heterocycles. The lowest BCUT2D eigenvalue weighted by Gasteiger charge is -2.00. The standard InChI is InChI=1S/C9H8BrClN2O2.C9H9ClN2O2.2CH4/c1-15-9(14)8(10)13-12-7-4-2-6(11)3-5-7;1-14-9(13)6-11-12-8-4-2-7(10)3-5-8;;/h2-5,12H,1H3;2-6,12H,1H3;2*1H4/b13-8-;11-6+;;. The van der Waals surface area contributed by atoms with Crippen molar-refractivity contribution >= 4 is 73.3 Å². The predicted molar refractivity (Wildman–Crippen MR) is 132 cm³/mol. The van der Waals surface area contributed by atoms with Crippen molar-refractivity contribution in [1.82, 2.24) is 0 Å². The molecule has 0 fully saturated rings. The molecule has 0 aliphatic heterocycles. The number of carbonyl (C=O) groups excluding carboxylic acids is 2. The van der Waals surface area contributed by atoms with Crippen LogP contribution in [-0.2, 0) is 19.1 Å². The van der Waals surface area contributed by atoms with Crippen molar-refractivity contribution < 1.29 is 19.1 Å². The Morgan fingerprint density at radius 2 is 1.32 bits per heavy atom. The highest BCUT2D eigenvalue weighted by Crippen LogP contribution is 2.14. The van der Waals surface area contributed by atoms with Crippen molar-refractivity contribution in [2.75, 3.05) is 25.1 Å². The minimum absolute atomic E-state index is 0. The Balaban J connectivity index is 0. The first kappa shape index (κ1) is 30.6. The zero-order valence-corrected chi connectivity index (χ0v) is 18.5.